The average molecular weight is 237 g/mol. The minimum atomic E-state index is -0.914. The highest BCUT2D eigenvalue weighted by Gasteiger charge is 2.12. The third kappa shape index (κ3) is 2.81. The number of benzene rings is 1. The van der Waals surface area contributed by atoms with Crippen LogP contribution in [0.4, 0.5) is 4.79 Å². The smallest absolute Gasteiger partial charge is 0.407 e. The van der Waals surface area contributed by atoms with Gasteiger partial charge in [0.2, 0.25) is 0 Å². The molecule has 0 fully saturated rings. The number of amides is 1. The van der Waals surface area contributed by atoms with Crippen LogP contribution in [0.3, 0.4) is 0 Å². The molecule has 1 aromatic carbocycles. The molecule has 0 unspecified atom stereocenters. The van der Waals surface area contributed by atoms with E-state index in [1.807, 2.05) is 18.2 Å². The van der Waals surface area contributed by atoms with Crippen LogP contribution < -0.4 is 9.47 Å². The molecule has 0 aromatic heterocycles. The van der Waals surface area contributed by atoms with Gasteiger partial charge in [0.1, 0.15) is 13.2 Å². The first-order valence-electron chi connectivity index (χ1n) is 5.49. The molecule has 0 radical (unpaired) electrons. The summed E-state index contributed by atoms with van der Waals surface area (Å²) in [7, 11) is 1.56. The SMILES string of the molecule is CN(CCc1ccc2c(c1)OCCO2)C(=O)O. The number of hydrogen-bond acceptors (Lipinski definition) is 3. The maximum Gasteiger partial charge on any atom is 0.407 e. The van der Waals surface area contributed by atoms with Crippen LogP contribution in [0, 0.1) is 0 Å². The predicted molar refractivity (Wildman–Crippen MR) is 61.8 cm³/mol. The zero-order valence-corrected chi connectivity index (χ0v) is 9.68. The molecule has 0 atom stereocenters. The van der Waals surface area contributed by atoms with Crippen molar-refractivity contribution in [1.29, 1.82) is 0 Å². The molecule has 1 aromatic rings. The highest BCUT2D eigenvalue weighted by Crippen LogP contribution is 2.30. The Morgan fingerprint density at radius 1 is 1.35 bits per heavy atom. The fraction of sp³-hybridized carbons (Fsp3) is 0.417. The Morgan fingerprint density at radius 2 is 2.06 bits per heavy atom. The van der Waals surface area contributed by atoms with Crippen molar-refractivity contribution in [2.45, 2.75) is 6.42 Å². The second kappa shape index (κ2) is 4.95. The third-order valence-corrected chi connectivity index (χ3v) is 2.67. The molecule has 0 spiro atoms. The average Bonchev–Trinajstić information content (AvgIpc) is 2.35. The number of hydrogen-bond donors (Lipinski definition) is 1. The Morgan fingerprint density at radius 3 is 2.76 bits per heavy atom. The molecule has 0 aliphatic carbocycles. The largest absolute Gasteiger partial charge is 0.486 e. The van der Waals surface area contributed by atoms with E-state index in [9.17, 15) is 4.79 Å². The number of rotatable bonds is 3. The van der Waals surface area contributed by atoms with Crippen molar-refractivity contribution in [3.63, 3.8) is 0 Å². The summed E-state index contributed by atoms with van der Waals surface area (Å²) in [6.45, 7) is 1.61. The minimum absolute atomic E-state index is 0.467. The molecule has 0 saturated heterocycles. The lowest BCUT2D eigenvalue weighted by Crippen LogP contribution is -2.26. The number of carbonyl (C=O) groups is 1. The maximum absolute atomic E-state index is 10.6. The molecular weight excluding hydrogens is 222 g/mol. The third-order valence-electron chi connectivity index (χ3n) is 2.67. The fourth-order valence-corrected chi connectivity index (χ4v) is 1.64. The Kier molecular flexibility index (Phi) is 3.37. The van der Waals surface area contributed by atoms with E-state index in [4.69, 9.17) is 14.6 Å². The van der Waals surface area contributed by atoms with Gasteiger partial charge >= 0.3 is 6.09 Å². The molecule has 1 N–H and O–H groups in total. The van der Waals surface area contributed by atoms with Crippen LogP contribution in [0.1, 0.15) is 5.56 Å². The molecular formula is C12H15NO4. The summed E-state index contributed by atoms with van der Waals surface area (Å²) in [6.07, 6.45) is -0.248. The van der Waals surface area contributed by atoms with Crippen molar-refractivity contribution < 1.29 is 19.4 Å². The Labute approximate surface area is 99.6 Å². The van der Waals surface area contributed by atoms with E-state index in [0.29, 0.717) is 26.2 Å². The van der Waals surface area contributed by atoms with E-state index in [-0.39, 0.29) is 0 Å². The van der Waals surface area contributed by atoms with Crippen molar-refractivity contribution in [2.75, 3.05) is 26.8 Å². The normalized spacial score (nSPS) is 13.2. The molecule has 1 aliphatic rings. The van der Waals surface area contributed by atoms with Gasteiger partial charge in [-0.1, -0.05) is 6.07 Å². The van der Waals surface area contributed by atoms with Gasteiger partial charge in [-0.3, -0.25) is 0 Å². The van der Waals surface area contributed by atoms with Gasteiger partial charge < -0.3 is 19.5 Å². The molecule has 5 nitrogen and oxygen atoms in total. The Bertz CT molecular complexity index is 419. The van der Waals surface area contributed by atoms with Crippen molar-refractivity contribution >= 4 is 6.09 Å². The van der Waals surface area contributed by atoms with E-state index in [1.165, 1.54) is 4.90 Å². The topological polar surface area (TPSA) is 59.0 Å². The number of ether oxygens (including phenoxy) is 2. The van der Waals surface area contributed by atoms with E-state index < -0.39 is 6.09 Å². The first kappa shape index (κ1) is 11.6. The summed E-state index contributed by atoms with van der Waals surface area (Å²) < 4.78 is 10.9. The van der Waals surface area contributed by atoms with Crippen LogP contribution in [0.2, 0.25) is 0 Å². The van der Waals surface area contributed by atoms with Crippen molar-refractivity contribution in [1.82, 2.24) is 4.90 Å². The van der Waals surface area contributed by atoms with Gasteiger partial charge in [-0.15, -0.1) is 0 Å². The second-order valence-electron chi connectivity index (χ2n) is 3.93. The minimum Gasteiger partial charge on any atom is -0.486 e. The van der Waals surface area contributed by atoms with Gasteiger partial charge in [0.25, 0.3) is 0 Å². The summed E-state index contributed by atoms with van der Waals surface area (Å²) >= 11 is 0. The van der Waals surface area contributed by atoms with E-state index in [0.717, 1.165) is 17.1 Å². The van der Waals surface area contributed by atoms with Gasteiger partial charge in [-0.05, 0) is 24.1 Å². The summed E-state index contributed by atoms with van der Waals surface area (Å²) in [4.78, 5) is 11.9. The van der Waals surface area contributed by atoms with Crippen LogP contribution in [0.25, 0.3) is 0 Å². The Hall–Kier alpha value is -1.91. The molecule has 2 rings (SSSR count). The molecule has 0 bridgehead atoms. The van der Waals surface area contributed by atoms with Gasteiger partial charge in [-0.25, -0.2) is 4.79 Å². The highest BCUT2D eigenvalue weighted by atomic mass is 16.6. The maximum atomic E-state index is 10.6. The number of likely N-dealkylation sites (N-methyl/N-ethyl adjacent to an activating group) is 1. The first-order chi connectivity index (χ1) is 8.16. The van der Waals surface area contributed by atoms with Crippen LogP contribution in [0.15, 0.2) is 18.2 Å². The fourth-order valence-electron chi connectivity index (χ4n) is 1.64. The van der Waals surface area contributed by atoms with Gasteiger partial charge in [0.05, 0.1) is 0 Å². The number of nitrogens with zero attached hydrogens (tertiary/aromatic N) is 1. The number of fused-ring (bicyclic) bond motifs is 1. The van der Waals surface area contributed by atoms with E-state index >= 15 is 0 Å². The quantitative estimate of drug-likeness (QED) is 0.867. The van der Waals surface area contributed by atoms with Crippen molar-refractivity contribution in [3.8, 4) is 11.5 Å². The lowest BCUT2D eigenvalue weighted by Gasteiger charge is -2.19. The lowest BCUT2D eigenvalue weighted by atomic mass is 10.1. The Balaban J connectivity index is 2.00. The molecule has 92 valence electrons. The van der Waals surface area contributed by atoms with E-state index in [2.05, 4.69) is 0 Å². The summed E-state index contributed by atoms with van der Waals surface area (Å²) in [5.41, 5.74) is 1.04. The van der Waals surface area contributed by atoms with Crippen LogP contribution in [0.5, 0.6) is 11.5 Å². The molecule has 1 amide bonds. The van der Waals surface area contributed by atoms with Gasteiger partial charge in [0, 0.05) is 13.6 Å². The van der Waals surface area contributed by atoms with Crippen molar-refractivity contribution in [3.05, 3.63) is 23.8 Å². The molecule has 5 heteroatoms. The highest BCUT2D eigenvalue weighted by molar-refractivity contribution is 5.64. The van der Waals surface area contributed by atoms with Crippen LogP contribution in [-0.2, 0) is 6.42 Å². The molecule has 1 aliphatic heterocycles. The van der Waals surface area contributed by atoms with Gasteiger partial charge in [0.15, 0.2) is 11.5 Å². The zero-order valence-electron chi connectivity index (χ0n) is 9.68. The summed E-state index contributed by atoms with van der Waals surface area (Å²) in [6, 6.07) is 5.71. The van der Waals surface area contributed by atoms with E-state index in [1.54, 1.807) is 7.05 Å². The molecule has 1 heterocycles. The van der Waals surface area contributed by atoms with Crippen molar-refractivity contribution in [2.24, 2.45) is 0 Å². The molecule has 17 heavy (non-hydrogen) atoms. The first-order valence-corrected chi connectivity index (χ1v) is 5.49. The molecule has 0 saturated carbocycles. The zero-order chi connectivity index (χ0) is 12.3. The predicted octanol–water partition coefficient (Wildman–Crippen LogP) is 1.61. The van der Waals surface area contributed by atoms with Gasteiger partial charge in [-0.2, -0.15) is 0 Å². The monoisotopic (exact) mass is 237 g/mol. The lowest BCUT2D eigenvalue weighted by molar-refractivity contribution is 0.156. The number of carboxylic acid groups (broad SMARTS) is 1. The van der Waals surface area contributed by atoms with Crippen LogP contribution in [-0.4, -0.2) is 42.9 Å². The summed E-state index contributed by atoms with van der Waals surface area (Å²) in [5, 5.41) is 8.73. The summed E-state index contributed by atoms with van der Waals surface area (Å²) in [5.74, 6) is 1.50. The second-order valence-corrected chi connectivity index (χ2v) is 3.93. The standard InChI is InChI=1S/C12H15NO4/c1-13(12(14)15)5-4-9-2-3-10-11(8-9)17-7-6-16-10/h2-3,8H,4-7H2,1H3,(H,14,15). The van der Waals surface area contributed by atoms with Crippen LogP contribution >= 0.6 is 0 Å².